The van der Waals surface area contributed by atoms with Gasteiger partial charge in [-0.05, 0) is 45.8 Å². The number of allylic oxidation sites excluding steroid dienone is 3. The van der Waals surface area contributed by atoms with Gasteiger partial charge in [0.2, 0.25) is 17.7 Å². The Morgan fingerprint density at radius 2 is 1.82 bits per heavy atom. The Bertz CT molecular complexity index is 825. The van der Waals surface area contributed by atoms with Crippen molar-refractivity contribution in [3.05, 3.63) is 52.6 Å². The van der Waals surface area contributed by atoms with E-state index >= 15 is 0 Å². The minimum atomic E-state index is -1.41. The van der Waals surface area contributed by atoms with Gasteiger partial charge in [0.1, 0.15) is 12.4 Å². The zero-order valence-electron chi connectivity index (χ0n) is 17.2. The molecule has 0 amide bonds. The first-order valence-electron chi connectivity index (χ1n) is 9.56. The molecule has 0 bridgehead atoms. The lowest BCUT2D eigenvalue weighted by Gasteiger charge is -2.11. The number of hydrogen-bond acceptors (Lipinski definition) is 5. The predicted octanol–water partition coefficient (Wildman–Crippen LogP) is 4.70. The highest BCUT2D eigenvalue weighted by atomic mass is 16.6. The molecule has 0 spiro atoms. The maximum atomic E-state index is 12.7. The third-order valence-corrected chi connectivity index (χ3v) is 4.48. The van der Waals surface area contributed by atoms with Gasteiger partial charge in [-0.15, -0.1) is 0 Å². The first-order valence-corrected chi connectivity index (χ1v) is 9.56. The highest BCUT2D eigenvalue weighted by molar-refractivity contribution is 6.30. The molecule has 1 aliphatic carbocycles. The van der Waals surface area contributed by atoms with E-state index in [2.05, 4.69) is 19.9 Å². The molecule has 0 radical (unpaired) electrons. The van der Waals surface area contributed by atoms with E-state index in [0.717, 1.165) is 12.8 Å². The summed E-state index contributed by atoms with van der Waals surface area (Å²) in [7, 11) is 0. The van der Waals surface area contributed by atoms with E-state index in [9.17, 15) is 14.4 Å². The molecule has 28 heavy (non-hydrogen) atoms. The van der Waals surface area contributed by atoms with Gasteiger partial charge in [0.25, 0.3) is 0 Å². The summed E-state index contributed by atoms with van der Waals surface area (Å²) in [5.74, 6) is -1.66. The van der Waals surface area contributed by atoms with Gasteiger partial charge in [0, 0.05) is 5.56 Å². The first kappa shape index (κ1) is 21.6. The Morgan fingerprint density at radius 1 is 1.11 bits per heavy atom. The van der Waals surface area contributed by atoms with Crippen molar-refractivity contribution in [1.29, 1.82) is 0 Å². The molecule has 1 aromatic rings. The van der Waals surface area contributed by atoms with Gasteiger partial charge in [-0.3, -0.25) is 14.4 Å². The molecule has 1 atom stereocenters. The van der Waals surface area contributed by atoms with Crippen molar-refractivity contribution in [1.82, 2.24) is 0 Å². The van der Waals surface area contributed by atoms with E-state index < -0.39 is 29.6 Å². The second-order valence-corrected chi connectivity index (χ2v) is 7.56. The number of fused-ring (bicyclic) bond motifs is 1. The van der Waals surface area contributed by atoms with Crippen LogP contribution in [0, 0.1) is 5.92 Å². The molecular formula is C23H28O5. The Labute approximate surface area is 166 Å². The SMILES string of the molecule is CC(C)=CCC/C(C)=C/COc1cccc2c1C(=O)C(OC(=O)C(C)C)C2=O. The topological polar surface area (TPSA) is 69.7 Å². The Kier molecular flexibility index (Phi) is 7.32. The summed E-state index contributed by atoms with van der Waals surface area (Å²) in [6, 6.07) is 4.88. The third kappa shape index (κ3) is 5.18. The van der Waals surface area contributed by atoms with Crippen LogP contribution in [0.5, 0.6) is 5.75 Å². The molecule has 0 aromatic heterocycles. The normalized spacial score (nSPS) is 16.2. The van der Waals surface area contributed by atoms with Crippen molar-refractivity contribution in [2.45, 2.75) is 53.6 Å². The van der Waals surface area contributed by atoms with Crippen LogP contribution in [-0.4, -0.2) is 30.2 Å². The molecule has 5 heteroatoms. The molecule has 0 fully saturated rings. The standard InChI is InChI=1S/C23H28O5/c1-14(2)8-6-9-16(5)12-13-27-18-11-7-10-17-19(18)21(25)22(20(17)24)28-23(26)15(3)4/h7-8,10-12,15,22H,6,9,13H2,1-5H3/b16-12+. The van der Waals surface area contributed by atoms with E-state index in [0.29, 0.717) is 12.4 Å². The molecule has 1 unspecified atom stereocenters. The van der Waals surface area contributed by atoms with E-state index in [1.165, 1.54) is 11.1 Å². The van der Waals surface area contributed by atoms with Crippen LogP contribution in [0.4, 0.5) is 0 Å². The fraction of sp³-hybridized carbons (Fsp3) is 0.435. The average Bonchev–Trinajstić information content (AvgIpc) is 2.87. The molecule has 150 valence electrons. The molecule has 1 aliphatic rings. The monoisotopic (exact) mass is 384 g/mol. The number of Topliss-reactive ketones (excluding diaryl/α,β-unsaturated/α-hetero) is 2. The number of esters is 1. The number of rotatable bonds is 8. The molecule has 0 saturated carbocycles. The van der Waals surface area contributed by atoms with E-state index in [1.807, 2.05) is 13.0 Å². The number of ketones is 2. The van der Waals surface area contributed by atoms with Crippen LogP contribution >= 0.6 is 0 Å². The lowest BCUT2D eigenvalue weighted by Crippen LogP contribution is -2.30. The maximum Gasteiger partial charge on any atom is 0.309 e. The summed E-state index contributed by atoms with van der Waals surface area (Å²) >= 11 is 0. The van der Waals surface area contributed by atoms with E-state index in [-0.39, 0.29) is 11.1 Å². The summed E-state index contributed by atoms with van der Waals surface area (Å²) in [4.78, 5) is 37.0. The number of carbonyl (C=O) groups excluding carboxylic acids is 3. The summed E-state index contributed by atoms with van der Waals surface area (Å²) in [5, 5.41) is 0. The number of ether oxygens (including phenoxy) is 2. The molecule has 2 rings (SSSR count). The summed E-state index contributed by atoms with van der Waals surface area (Å²) in [6.07, 6.45) is 4.66. The fourth-order valence-corrected chi connectivity index (χ4v) is 2.83. The van der Waals surface area contributed by atoms with E-state index in [1.54, 1.807) is 32.0 Å². The highest BCUT2D eigenvalue weighted by Crippen LogP contribution is 2.32. The Morgan fingerprint density at radius 3 is 2.46 bits per heavy atom. The Balaban J connectivity index is 2.09. The van der Waals surface area contributed by atoms with Crippen molar-refractivity contribution in [2.75, 3.05) is 6.61 Å². The average molecular weight is 384 g/mol. The molecule has 0 N–H and O–H groups in total. The van der Waals surface area contributed by atoms with Crippen molar-refractivity contribution in [3.8, 4) is 5.75 Å². The van der Waals surface area contributed by atoms with Crippen molar-refractivity contribution < 1.29 is 23.9 Å². The van der Waals surface area contributed by atoms with Crippen LogP contribution in [-0.2, 0) is 9.53 Å². The smallest absolute Gasteiger partial charge is 0.309 e. The van der Waals surface area contributed by atoms with Gasteiger partial charge in [0.05, 0.1) is 11.5 Å². The minimum absolute atomic E-state index is 0.199. The molecule has 5 nitrogen and oxygen atoms in total. The lowest BCUT2D eigenvalue weighted by molar-refractivity contribution is -0.148. The highest BCUT2D eigenvalue weighted by Gasteiger charge is 2.43. The van der Waals surface area contributed by atoms with Gasteiger partial charge in [-0.1, -0.05) is 43.2 Å². The largest absolute Gasteiger partial charge is 0.489 e. The number of benzene rings is 1. The maximum absolute atomic E-state index is 12.7. The summed E-state index contributed by atoms with van der Waals surface area (Å²) in [5.41, 5.74) is 2.92. The number of hydrogen-bond donors (Lipinski definition) is 0. The molecule has 0 saturated heterocycles. The zero-order chi connectivity index (χ0) is 20.8. The van der Waals surface area contributed by atoms with Crippen LogP contribution in [0.3, 0.4) is 0 Å². The van der Waals surface area contributed by atoms with Crippen LogP contribution < -0.4 is 4.74 Å². The molecule has 0 heterocycles. The van der Waals surface area contributed by atoms with Crippen molar-refractivity contribution >= 4 is 17.5 Å². The van der Waals surface area contributed by atoms with Crippen LogP contribution in [0.2, 0.25) is 0 Å². The Hall–Kier alpha value is -2.69. The quantitative estimate of drug-likeness (QED) is 0.369. The van der Waals surface area contributed by atoms with Gasteiger partial charge in [-0.25, -0.2) is 0 Å². The first-order chi connectivity index (χ1) is 13.2. The predicted molar refractivity (Wildman–Crippen MR) is 108 cm³/mol. The second-order valence-electron chi connectivity index (χ2n) is 7.56. The molecule has 1 aromatic carbocycles. The fourth-order valence-electron chi connectivity index (χ4n) is 2.83. The van der Waals surface area contributed by atoms with Crippen LogP contribution in [0.1, 0.15) is 68.2 Å². The summed E-state index contributed by atoms with van der Waals surface area (Å²) < 4.78 is 10.9. The van der Waals surface area contributed by atoms with Crippen molar-refractivity contribution in [2.24, 2.45) is 5.92 Å². The van der Waals surface area contributed by atoms with Crippen LogP contribution in [0.25, 0.3) is 0 Å². The van der Waals surface area contributed by atoms with Crippen LogP contribution in [0.15, 0.2) is 41.5 Å². The van der Waals surface area contributed by atoms with Gasteiger partial charge < -0.3 is 9.47 Å². The number of carbonyl (C=O) groups is 3. The second kappa shape index (κ2) is 9.49. The molecule has 0 aliphatic heterocycles. The molecular weight excluding hydrogens is 356 g/mol. The van der Waals surface area contributed by atoms with E-state index in [4.69, 9.17) is 9.47 Å². The lowest BCUT2D eigenvalue weighted by atomic mass is 10.1. The van der Waals surface area contributed by atoms with Gasteiger partial charge in [0.15, 0.2) is 0 Å². The van der Waals surface area contributed by atoms with Gasteiger partial charge in [-0.2, -0.15) is 0 Å². The van der Waals surface area contributed by atoms with Crippen molar-refractivity contribution in [3.63, 3.8) is 0 Å². The zero-order valence-corrected chi connectivity index (χ0v) is 17.2. The third-order valence-electron chi connectivity index (χ3n) is 4.48. The van der Waals surface area contributed by atoms with Gasteiger partial charge >= 0.3 is 5.97 Å². The summed E-state index contributed by atoms with van der Waals surface area (Å²) in [6.45, 7) is 9.79. The minimum Gasteiger partial charge on any atom is -0.489 e.